The van der Waals surface area contributed by atoms with Crippen LogP contribution in [-0.2, 0) is 0 Å². The van der Waals surface area contributed by atoms with Crippen LogP contribution >= 0.6 is 11.3 Å². The van der Waals surface area contributed by atoms with Crippen molar-refractivity contribution in [3.05, 3.63) is 64.6 Å². The standard InChI is InChI=1S/C29H29N3O5S/c1-17-5-4-6-20(9-7-17)37-26-13-21-22(14-25(26)36-3)30-16-31-28(21)32-23-11-18(8-10-24(23)35-2)19-12-27(29(33)34)38-15-19/h5,8,10-16,20H,4,6-7,9H2,1-3H3,(H,33,34)(H,30,31,32)/t20-/m0/s1. The molecule has 0 saturated heterocycles. The highest BCUT2D eigenvalue weighted by Gasteiger charge is 2.19. The SMILES string of the molecule is COc1ccc(-c2csc(C(=O)O)c2)cc1Nc1ncnc2cc(OC)c(O[C@H]3CCC=C(C)CC3)cc12. The van der Waals surface area contributed by atoms with Crippen LogP contribution in [-0.4, -0.2) is 41.4 Å². The highest BCUT2D eigenvalue weighted by molar-refractivity contribution is 7.12. The molecule has 2 aromatic carbocycles. The lowest BCUT2D eigenvalue weighted by Gasteiger charge is -2.20. The number of allylic oxidation sites excluding steroid dienone is 2. The Bertz CT molecular complexity index is 1510. The van der Waals surface area contributed by atoms with Gasteiger partial charge in [0.05, 0.1) is 31.5 Å². The van der Waals surface area contributed by atoms with E-state index in [1.54, 1.807) is 20.3 Å². The number of nitrogens with zero attached hydrogens (tertiary/aromatic N) is 2. The summed E-state index contributed by atoms with van der Waals surface area (Å²) in [5.41, 5.74) is 4.48. The molecular weight excluding hydrogens is 502 g/mol. The van der Waals surface area contributed by atoms with Gasteiger partial charge in [0.15, 0.2) is 11.5 Å². The van der Waals surface area contributed by atoms with Crippen LogP contribution in [0.3, 0.4) is 0 Å². The van der Waals surface area contributed by atoms with Gasteiger partial charge in [0.1, 0.15) is 22.8 Å². The molecule has 1 aliphatic rings. The van der Waals surface area contributed by atoms with Crippen LogP contribution in [0.25, 0.3) is 22.0 Å². The van der Waals surface area contributed by atoms with E-state index < -0.39 is 5.97 Å². The first-order valence-electron chi connectivity index (χ1n) is 12.4. The first-order chi connectivity index (χ1) is 18.4. The number of carbonyl (C=O) groups is 1. The molecule has 8 nitrogen and oxygen atoms in total. The summed E-state index contributed by atoms with van der Waals surface area (Å²) in [6.45, 7) is 2.17. The third-order valence-corrected chi connectivity index (χ3v) is 7.57. The molecule has 0 bridgehead atoms. The van der Waals surface area contributed by atoms with Crippen molar-refractivity contribution < 1.29 is 24.1 Å². The molecule has 0 aliphatic heterocycles. The Morgan fingerprint density at radius 1 is 1.03 bits per heavy atom. The van der Waals surface area contributed by atoms with E-state index in [1.165, 1.54) is 23.2 Å². The van der Waals surface area contributed by atoms with Gasteiger partial charge in [0, 0.05) is 11.5 Å². The number of carboxylic acids is 1. The highest BCUT2D eigenvalue weighted by Crippen LogP contribution is 2.39. The number of carboxylic acid groups (broad SMARTS) is 1. The minimum atomic E-state index is -0.940. The van der Waals surface area contributed by atoms with Crippen LogP contribution in [0.1, 0.15) is 42.3 Å². The molecule has 0 saturated carbocycles. The predicted octanol–water partition coefficient (Wildman–Crippen LogP) is 7.09. The van der Waals surface area contributed by atoms with Crippen LogP contribution in [0.2, 0.25) is 0 Å². The summed E-state index contributed by atoms with van der Waals surface area (Å²) in [5, 5.41) is 15.3. The average Bonchev–Trinajstić information content (AvgIpc) is 3.34. The minimum absolute atomic E-state index is 0.0918. The van der Waals surface area contributed by atoms with Crippen LogP contribution in [0, 0.1) is 0 Å². The second-order valence-corrected chi connectivity index (χ2v) is 10.1. The number of fused-ring (bicyclic) bond motifs is 1. The third kappa shape index (κ3) is 5.43. The number of anilines is 2. The van der Waals surface area contributed by atoms with E-state index in [0.717, 1.165) is 42.2 Å². The summed E-state index contributed by atoms with van der Waals surface area (Å²) in [6, 6.07) is 11.1. The Hall–Kier alpha value is -4.11. The molecule has 2 N–H and O–H groups in total. The number of aromatic carboxylic acids is 1. The average molecular weight is 532 g/mol. The number of thiophene rings is 1. The van der Waals surface area contributed by atoms with Gasteiger partial charge in [-0.1, -0.05) is 17.7 Å². The first-order valence-corrected chi connectivity index (χ1v) is 13.3. The summed E-state index contributed by atoms with van der Waals surface area (Å²) in [4.78, 5) is 20.6. The zero-order valence-corrected chi connectivity index (χ0v) is 22.3. The predicted molar refractivity (Wildman–Crippen MR) is 149 cm³/mol. The van der Waals surface area contributed by atoms with Crippen molar-refractivity contribution in [1.29, 1.82) is 0 Å². The molecule has 5 rings (SSSR count). The van der Waals surface area contributed by atoms with E-state index in [2.05, 4.69) is 28.3 Å². The van der Waals surface area contributed by atoms with E-state index in [1.807, 2.05) is 35.7 Å². The van der Waals surface area contributed by atoms with E-state index in [0.29, 0.717) is 34.3 Å². The Morgan fingerprint density at radius 3 is 2.63 bits per heavy atom. The number of aromatic nitrogens is 2. The van der Waals surface area contributed by atoms with Gasteiger partial charge in [-0.2, -0.15) is 0 Å². The zero-order valence-electron chi connectivity index (χ0n) is 21.5. The van der Waals surface area contributed by atoms with E-state index >= 15 is 0 Å². The van der Waals surface area contributed by atoms with Crippen molar-refractivity contribution in [3.8, 4) is 28.4 Å². The second-order valence-electron chi connectivity index (χ2n) is 9.19. The maximum Gasteiger partial charge on any atom is 0.345 e. The van der Waals surface area contributed by atoms with E-state index in [-0.39, 0.29) is 11.0 Å². The van der Waals surface area contributed by atoms with Crippen molar-refractivity contribution in [2.75, 3.05) is 19.5 Å². The van der Waals surface area contributed by atoms with Gasteiger partial charge in [-0.3, -0.25) is 0 Å². The molecule has 2 aromatic heterocycles. The van der Waals surface area contributed by atoms with Crippen LogP contribution in [0.15, 0.2) is 59.8 Å². The number of hydrogen-bond donors (Lipinski definition) is 2. The van der Waals surface area contributed by atoms with Crippen LogP contribution in [0.5, 0.6) is 17.2 Å². The molecule has 0 fully saturated rings. The fraction of sp³-hybridized carbons (Fsp3) is 0.276. The summed E-state index contributed by atoms with van der Waals surface area (Å²) in [5.74, 6) is 1.56. The third-order valence-electron chi connectivity index (χ3n) is 6.65. The number of hydrogen-bond acceptors (Lipinski definition) is 8. The lowest BCUT2D eigenvalue weighted by molar-refractivity contribution is 0.0702. The molecule has 4 aromatic rings. The smallest absolute Gasteiger partial charge is 0.345 e. The molecule has 38 heavy (non-hydrogen) atoms. The molecule has 2 heterocycles. The highest BCUT2D eigenvalue weighted by atomic mass is 32.1. The fourth-order valence-corrected chi connectivity index (χ4v) is 5.33. The lowest BCUT2D eigenvalue weighted by atomic mass is 10.1. The summed E-state index contributed by atoms with van der Waals surface area (Å²) < 4.78 is 17.7. The number of methoxy groups -OCH3 is 2. The van der Waals surface area contributed by atoms with Gasteiger partial charge >= 0.3 is 5.97 Å². The molecule has 0 radical (unpaired) electrons. The molecule has 1 atom stereocenters. The summed E-state index contributed by atoms with van der Waals surface area (Å²) in [7, 11) is 3.23. The van der Waals surface area contributed by atoms with Gasteiger partial charge in [-0.15, -0.1) is 11.3 Å². The van der Waals surface area contributed by atoms with E-state index in [9.17, 15) is 9.90 Å². The van der Waals surface area contributed by atoms with Crippen molar-refractivity contribution in [2.45, 2.75) is 38.7 Å². The Kier molecular flexibility index (Phi) is 7.46. The molecule has 196 valence electrons. The van der Waals surface area contributed by atoms with E-state index in [4.69, 9.17) is 14.2 Å². The second kappa shape index (κ2) is 11.1. The van der Waals surface area contributed by atoms with Gasteiger partial charge in [-0.25, -0.2) is 14.8 Å². The van der Waals surface area contributed by atoms with Crippen molar-refractivity contribution in [3.63, 3.8) is 0 Å². The van der Waals surface area contributed by atoms with Gasteiger partial charge in [-0.05, 0) is 73.4 Å². The quantitative estimate of drug-likeness (QED) is 0.232. The minimum Gasteiger partial charge on any atom is -0.495 e. The molecule has 0 unspecified atom stereocenters. The van der Waals surface area contributed by atoms with Crippen molar-refractivity contribution >= 4 is 39.7 Å². The normalized spacial score (nSPS) is 15.4. The Balaban J connectivity index is 1.49. The number of rotatable bonds is 8. The topological polar surface area (TPSA) is 103 Å². The maximum atomic E-state index is 11.4. The van der Waals surface area contributed by atoms with Gasteiger partial charge in [0.25, 0.3) is 0 Å². The van der Waals surface area contributed by atoms with Gasteiger partial charge in [0.2, 0.25) is 0 Å². The molecular formula is C29H29N3O5S. The maximum absolute atomic E-state index is 11.4. The number of nitrogens with one attached hydrogen (secondary N) is 1. The number of benzene rings is 2. The van der Waals surface area contributed by atoms with Crippen molar-refractivity contribution in [2.24, 2.45) is 0 Å². The summed E-state index contributed by atoms with van der Waals surface area (Å²) in [6.07, 6.45) is 7.80. The Morgan fingerprint density at radius 2 is 1.87 bits per heavy atom. The molecule has 9 heteroatoms. The van der Waals surface area contributed by atoms with Gasteiger partial charge < -0.3 is 24.6 Å². The van der Waals surface area contributed by atoms with Crippen molar-refractivity contribution in [1.82, 2.24) is 9.97 Å². The number of ether oxygens (including phenoxy) is 3. The first kappa shape index (κ1) is 25.5. The molecule has 0 spiro atoms. The van der Waals surface area contributed by atoms with Crippen LogP contribution < -0.4 is 19.5 Å². The lowest BCUT2D eigenvalue weighted by Crippen LogP contribution is -2.16. The fourth-order valence-electron chi connectivity index (χ4n) is 4.58. The molecule has 0 amide bonds. The summed E-state index contributed by atoms with van der Waals surface area (Å²) >= 11 is 1.19. The molecule has 1 aliphatic carbocycles. The largest absolute Gasteiger partial charge is 0.495 e. The zero-order chi connectivity index (χ0) is 26.6. The Labute approximate surface area is 224 Å². The monoisotopic (exact) mass is 531 g/mol. The van der Waals surface area contributed by atoms with Crippen LogP contribution in [0.4, 0.5) is 11.5 Å².